The van der Waals surface area contributed by atoms with Crippen molar-refractivity contribution in [1.82, 2.24) is 10.6 Å². The normalized spacial score (nSPS) is 21.3. The Morgan fingerprint density at radius 1 is 0.869 bits per heavy atom. The van der Waals surface area contributed by atoms with E-state index in [4.69, 9.17) is 0 Å². The summed E-state index contributed by atoms with van der Waals surface area (Å²) in [6.07, 6.45) is 43.7. The van der Waals surface area contributed by atoms with Crippen LogP contribution >= 0.6 is 0 Å². The Bertz CT molecular complexity index is 1860. The lowest BCUT2D eigenvalue weighted by Crippen LogP contribution is -2.46. The standard InChI is InChI=1S/C29H34N4.C17H22.C5H10.3C2H6/c1-6-28(25-15-7-8-16-25)32-29(30-5)31-26-19-22(2)20-27(21-26)33-17-11-9-13-23(3)24(4)14-10-12-18-33;1-11(2)16-15-10-14(9-12(15)3)17(16)13-7-5-4-6-8-13;1-3-5-4-2;3*1-2/h6-7,9-21,29-32H,3-4,8H2,1-2,5H3;4-7,11-13H,8-10H2,1-3H3;3,5H,4H2,1-2H3;3*1-2H3/b13-9-,14-10-,17-11-,18-12-,28-6-;;5-3-;;;. The molecule has 1 aliphatic heterocycles. The average Bonchev–Trinajstić information content (AvgIpc) is 4.05. The summed E-state index contributed by atoms with van der Waals surface area (Å²) in [6.45, 7) is 35.5. The number of hydrogen-bond acceptors (Lipinski definition) is 4. The Morgan fingerprint density at radius 2 is 1.52 bits per heavy atom. The van der Waals surface area contributed by atoms with Crippen molar-refractivity contribution in [1.29, 1.82) is 0 Å². The summed E-state index contributed by atoms with van der Waals surface area (Å²) >= 11 is 0. The molecule has 3 N–H and O–H groups in total. The highest BCUT2D eigenvalue weighted by atomic mass is 15.3. The number of hydrogen-bond donors (Lipinski definition) is 3. The van der Waals surface area contributed by atoms with Gasteiger partial charge < -0.3 is 15.5 Å². The first-order valence-corrected chi connectivity index (χ1v) is 23.2. The van der Waals surface area contributed by atoms with Crippen molar-refractivity contribution in [2.45, 2.75) is 128 Å². The Kier molecular flexibility index (Phi) is 27.3. The number of nitrogens with zero attached hydrogens (tertiary/aromatic N) is 1. The van der Waals surface area contributed by atoms with Gasteiger partial charge in [0.25, 0.3) is 0 Å². The molecule has 5 aliphatic rings. The maximum absolute atomic E-state index is 4.05. The van der Waals surface area contributed by atoms with Gasteiger partial charge in [-0.3, -0.25) is 5.32 Å². The first-order valence-electron chi connectivity index (χ1n) is 23.2. The maximum Gasteiger partial charge on any atom is 0.152 e. The summed E-state index contributed by atoms with van der Waals surface area (Å²) in [7, 11) is 1.94. The molecule has 3 atom stereocenters. The molecule has 4 nitrogen and oxygen atoms in total. The smallest absolute Gasteiger partial charge is 0.152 e. The minimum absolute atomic E-state index is 0.128. The van der Waals surface area contributed by atoms with Crippen molar-refractivity contribution in [3.63, 3.8) is 0 Å². The number of rotatable bonds is 10. The molecule has 332 valence electrons. The van der Waals surface area contributed by atoms with E-state index in [9.17, 15) is 0 Å². The first kappa shape index (κ1) is 54.0. The fourth-order valence-corrected chi connectivity index (χ4v) is 7.63. The van der Waals surface area contributed by atoms with E-state index in [1.807, 2.05) is 111 Å². The molecule has 0 saturated heterocycles. The van der Waals surface area contributed by atoms with Gasteiger partial charge in [0.15, 0.2) is 6.29 Å². The van der Waals surface area contributed by atoms with Gasteiger partial charge in [0.05, 0.1) is 0 Å². The fourth-order valence-electron chi connectivity index (χ4n) is 7.63. The predicted molar refractivity (Wildman–Crippen MR) is 277 cm³/mol. The van der Waals surface area contributed by atoms with E-state index in [-0.39, 0.29) is 6.29 Å². The lowest BCUT2D eigenvalue weighted by Gasteiger charge is -2.27. The fraction of sp³-hybridized carbons (Fsp3) is 0.404. The number of aryl methyl sites for hydroxylation is 1. The van der Waals surface area contributed by atoms with Gasteiger partial charge in [-0.15, -0.1) is 0 Å². The van der Waals surface area contributed by atoms with Crippen LogP contribution in [-0.2, 0) is 0 Å². The van der Waals surface area contributed by atoms with Crippen LogP contribution in [0.4, 0.5) is 11.4 Å². The van der Waals surface area contributed by atoms with Crippen LogP contribution in [0.15, 0.2) is 186 Å². The van der Waals surface area contributed by atoms with E-state index >= 15 is 0 Å². The number of anilines is 2. The maximum atomic E-state index is 4.05. The molecule has 0 amide bonds. The molecule has 1 aromatic rings. The van der Waals surface area contributed by atoms with Crippen molar-refractivity contribution in [2.24, 2.45) is 17.8 Å². The van der Waals surface area contributed by atoms with E-state index in [2.05, 4.69) is 148 Å². The Labute approximate surface area is 375 Å². The molecule has 4 heteroatoms. The molecule has 2 bridgehead atoms. The number of nitrogens with one attached hydrogen (secondary N) is 3. The second kappa shape index (κ2) is 30.9. The minimum atomic E-state index is -0.128. The lowest BCUT2D eigenvalue weighted by molar-refractivity contribution is 0.557. The molecule has 0 radical (unpaired) electrons. The topological polar surface area (TPSA) is 39.3 Å². The third-order valence-electron chi connectivity index (χ3n) is 10.3. The molecule has 4 aliphatic carbocycles. The molecular weight excluding hydrogens is 741 g/mol. The van der Waals surface area contributed by atoms with Crippen LogP contribution in [0.3, 0.4) is 0 Å². The van der Waals surface area contributed by atoms with Gasteiger partial charge in [-0.1, -0.05) is 179 Å². The van der Waals surface area contributed by atoms with Crippen LogP contribution in [-0.4, -0.2) is 13.3 Å². The van der Waals surface area contributed by atoms with Gasteiger partial charge in [0.2, 0.25) is 0 Å². The molecule has 1 heterocycles. The average molecular weight is 825 g/mol. The second-order valence-electron chi connectivity index (χ2n) is 15.0. The molecule has 61 heavy (non-hydrogen) atoms. The molecule has 1 aromatic carbocycles. The Morgan fingerprint density at radius 3 is 2.02 bits per heavy atom. The molecule has 1 fully saturated rings. The zero-order valence-electron chi connectivity index (χ0n) is 40.8. The van der Waals surface area contributed by atoms with E-state index in [0.717, 1.165) is 47.0 Å². The predicted octanol–water partition coefficient (Wildman–Crippen LogP) is 16.2. The SMILES string of the molecule is C/C=C\CC.C=C1/C=C\C=C/N(c2cc(C)cc(NC(NC)N/C(=C\C)C3=CCC=C3)c2)/C=C\C=C/C1=C.CC.CC.CC.CC(C)C1=C2CC(=C1C1C=CC=CC1)CC2C. The molecule has 6 rings (SSSR count). The van der Waals surface area contributed by atoms with Gasteiger partial charge in [-0.05, 0) is 136 Å². The number of allylic oxidation sites excluding steroid dienone is 22. The van der Waals surface area contributed by atoms with E-state index in [1.165, 1.54) is 30.4 Å². The van der Waals surface area contributed by atoms with Crippen LogP contribution in [0.5, 0.6) is 0 Å². The summed E-state index contributed by atoms with van der Waals surface area (Å²) in [4.78, 5) is 2.09. The molecule has 1 saturated carbocycles. The number of fused-ring (bicyclic) bond motifs is 2. The largest absolute Gasteiger partial charge is 0.353 e. The van der Waals surface area contributed by atoms with Gasteiger partial charge in [0, 0.05) is 35.4 Å². The molecular formula is C57H84N4. The zero-order valence-corrected chi connectivity index (χ0v) is 40.8. The zero-order chi connectivity index (χ0) is 45.7. The third kappa shape index (κ3) is 17.4. The van der Waals surface area contributed by atoms with Crippen molar-refractivity contribution in [3.8, 4) is 0 Å². The van der Waals surface area contributed by atoms with Crippen molar-refractivity contribution in [2.75, 3.05) is 17.3 Å². The van der Waals surface area contributed by atoms with E-state index in [0.29, 0.717) is 11.8 Å². The lowest BCUT2D eigenvalue weighted by atomic mass is 9.78. The van der Waals surface area contributed by atoms with Crippen LogP contribution in [0.1, 0.15) is 121 Å². The van der Waals surface area contributed by atoms with Crippen molar-refractivity contribution >= 4 is 11.4 Å². The van der Waals surface area contributed by atoms with Gasteiger partial charge in [-0.25, -0.2) is 0 Å². The quantitative estimate of drug-likeness (QED) is 0.162. The third-order valence-corrected chi connectivity index (χ3v) is 10.3. The van der Waals surface area contributed by atoms with Crippen LogP contribution in [0.2, 0.25) is 0 Å². The van der Waals surface area contributed by atoms with Gasteiger partial charge >= 0.3 is 0 Å². The Hall–Kier alpha value is -5.06. The highest BCUT2D eigenvalue weighted by Gasteiger charge is 2.37. The Balaban J connectivity index is 0.000000550. The van der Waals surface area contributed by atoms with Crippen LogP contribution in [0.25, 0.3) is 0 Å². The van der Waals surface area contributed by atoms with Gasteiger partial charge in [0.1, 0.15) is 0 Å². The summed E-state index contributed by atoms with van der Waals surface area (Å²) in [5, 5.41) is 10.4. The molecule has 0 spiro atoms. The van der Waals surface area contributed by atoms with E-state index < -0.39 is 0 Å². The van der Waals surface area contributed by atoms with Crippen LogP contribution in [0, 0.1) is 24.7 Å². The summed E-state index contributed by atoms with van der Waals surface area (Å²) in [5.41, 5.74) is 14.3. The molecule has 0 aromatic heterocycles. The number of benzene rings is 1. The van der Waals surface area contributed by atoms with Crippen LogP contribution < -0.4 is 20.9 Å². The highest BCUT2D eigenvalue weighted by molar-refractivity contribution is 5.64. The van der Waals surface area contributed by atoms with Gasteiger partial charge in [-0.2, -0.15) is 0 Å². The summed E-state index contributed by atoms with van der Waals surface area (Å²) in [5.74, 6) is 2.17. The minimum Gasteiger partial charge on any atom is -0.353 e. The van der Waals surface area contributed by atoms with Crippen molar-refractivity contribution in [3.05, 3.63) is 191 Å². The summed E-state index contributed by atoms with van der Waals surface area (Å²) < 4.78 is 0. The highest BCUT2D eigenvalue weighted by Crippen LogP contribution is 2.52. The molecule has 3 unspecified atom stereocenters. The first-order chi connectivity index (χ1) is 29.6. The monoisotopic (exact) mass is 825 g/mol. The van der Waals surface area contributed by atoms with E-state index in [1.54, 1.807) is 22.3 Å². The summed E-state index contributed by atoms with van der Waals surface area (Å²) in [6, 6.07) is 6.45. The van der Waals surface area contributed by atoms with Crippen molar-refractivity contribution < 1.29 is 0 Å². The second-order valence-corrected chi connectivity index (χ2v) is 15.0.